The minimum atomic E-state index is -0.840. The van der Waals surface area contributed by atoms with Gasteiger partial charge in [-0.15, -0.1) is 0 Å². The zero-order valence-electron chi connectivity index (χ0n) is 49.4. The number of amides is 1. The summed E-state index contributed by atoms with van der Waals surface area (Å²) >= 11 is 0. The summed E-state index contributed by atoms with van der Waals surface area (Å²) in [7, 11) is 0. The highest BCUT2D eigenvalue weighted by Gasteiger charge is 2.18. The number of aliphatic hydroxyl groups is 2. The van der Waals surface area contributed by atoms with Crippen molar-refractivity contribution >= 4 is 11.9 Å². The first kappa shape index (κ1) is 71.3. The molecule has 0 saturated heterocycles. The monoisotopic (exact) mass is 1030 g/mol. The number of rotatable bonds is 62. The molecule has 0 radical (unpaired) electrons. The van der Waals surface area contributed by atoms with Gasteiger partial charge in [-0.05, 0) is 57.8 Å². The van der Waals surface area contributed by atoms with Crippen molar-refractivity contribution in [2.24, 2.45) is 0 Å². The molecular weight excluding hydrogens is 899 g/mol. The van der Waals surface area contributed by atoms with Gasteiger partial charge in [-0.2, -0.15) is 0 Å². The molecule has 2 atom stereocenters. The first-order chi connectivity index (χ1) is 36.0. The van der Waals surface area contributed by atoms with Crippen LogP contribution in [0.3, 0.4) is 0 Å². The van der Waals surface area contributed by atoms with Gasteiger partial charge in [0, 0.05) is 12.8 Å². The zero-order chi connectivity index (χ0) is 52.9. The standard InChI is InChI=1S/C67H129NO5/c1-3-5-7-9-11-13-15-17-33-37-41-45-49-53-57-61-67(72)73-62-58-54-50-46-42-38-35-32-30-28-26-24-22-20-18-19-21-23-25-27-29-31-34-36-40-44-48-52-56-60-66(71)68-64(63-69)65(70)59-55-51-47-43-39-16-14-12-10-8-6-4-2/h17,33,55,59,64-65,69-70H,3-16,18-32,34-54,56-58,60-63H2,1-2H3,(H,68,71)/b33-17-,59-55+. The maximum absolute atomic E-state index is 12.4. The fraction of sp³-hybridized carbons (Fsp3) is 0.910. The van der Waals surface area contributed by atoms with Crippen molar-refractivity contribution in [2.45, 2.75) is 379 Å². The molecule has 0 aromatic carbocycles. The Morgan fingerprint density at radius 3 is 0.973 bits per heavy atom. The number of nitrogens with one attached hydrogen (secondary N) is 1. The predicted molar refractivity (Wildman–Crippen MR) is 320 cm³/mol. The smallest absolute Gasteiger partial charge is 0.305 e. The summed E-state index contributed by atoms with van der Waals surface area (Å²) in [6.45, 7) is 4.91. The van der Waals surface area contributed by atoms with Crippen LogP contribution in [0.2, 0.25) is 0 Å². The van der Waals surface area contributed by atoms with Gasteiger partial charge in [-0.1, -0.05) is 321 Å². The topological polar surface area (TPSA) is 95.9 Å². The quantitative estimate of drug-likeness (QED) is 0.0320. The molecule has 432 valence electrons. The lowest BCUT2D eigenvalue weighted by Crippen LogP contribution is -2.45. The Morgan fingerprint density at radius 2 is 0.644 bits per heavy atom. The summed E-state index contributed by atoms with van der Waals surface area (Å²) in [6.07, 6.45) is 78.2. The molecule has 0 heterocycles. The third-order valence-electron chi connectivity index (χ3n) is 15.5. The maximum atomic E-state index is 12.4. The van der Waals surface area contributed by atoms with Gasteiger partial charge in [0.05, 0.1) is 25.4 Å². The molecule has 0 aliphatic rings. The number of aliphatic hydroxyl groups excluding tert-OH is 2. The highest BCUT2D eigenvalue weighted by atomic mass is 16.5. The highest BCUT2D eigenvalue weighted by Crippen LogP contribution is 2.18. The number of carbonyl (C=O) groups excluding carboxylic acids is 2. The average Bonchev–Trinajstić information content (AvgIpc) is 3.39. The van der Waals surface area contributed by atoms with Crippen LogP contribution in [0, 0.1) is 0 Å². The van der Waals surface area contributed by atoms with Crippen LogP contribution >= 0.6 is 0 Å². The number of carbonyl (C=O) groups is 2. The Kier molecular flexibility index (Phi) is 61.4. The number of hydrogen-bond donors (Lipinski definition) is 3. The molecule has 0 spiro atoms. The van der Waals surface area contributed by atoms with E-state index in [4.69, 9.17) is 4.74 Å². The summed E-state index contributed by atoms with van der Waals surface area (Å²) < 4.78 is 5.49. The molecule has 0 fully saturated rings. The Balaban J connectivity index is 3.33. The van der Waals surface area contributed by atoms with Crippen molar-refractivity contribution in [3.8, 4) is 0 Å². The first-order valence-electron chi connectivity index (χ1n) is 33.1. The van der Waals surface area contributed by atoms with Gasteiger partial charge < -0.3 is 20.3 Å². The largest absolute Gasteiger partial charge is 0.466 e. The molecule has 0 rings (SSSR count). The summed E-state index contributed by atoms with van der Waals surface area (Å²) in [5.41, 5.74) is 0. The van der Waals surface area contributed by atoms with E-state index in [-0.39, 0.29) is 18.5 Å². The SMILES string of the molecule is CCCCCCCC/C=C\CCCCCCCC(=O)OCCCCCCCCCCCCCCCCCCCCCCCCCCCCCCCC(=O)NC(CO)C(O)/C=C/CCCCCCCCCCCC. The van der Waals surface area contributed by atoms with Gasteiger partial charge in [-0.25, -0.2) is 0 Å². The minimum absolute atomic E-state index is 0.0115. The second-order valence-corrected chi connectivity index (χ2v) is 22.8. The van der Waals surface area contributed by atoms with E-state index in [0.717, 1.165) is 44.9 Å². The summed E-state index contributed by atoms with van der Waals surface area (Å²) in [6, 6.07) is -0.623. The fourth-order valence-corrected chi connectivity index (χ4v) is 10.4. The van der Waals surface area contributed by atoms with Crippen LogP contribution in [0.4, 0.5) is 0 Å². The van der Waals surface area contributed by atoms with Gasteiger partial charge in [-0.3, -0.25) is 9.59 Å². The Hall–Kier alpha value is -1.66. The first-order valence-corrected chi connectivity index (χ1v) is 33.1. The minimum Gasteiger partial charge on any atom is -0.466 e. The lowest BCUT2D eigenvalue weighted by atomic mass is 10.0. The van der Waals surface area contributed by atoms with Gasteiger partial charge in [0.25, 0.3) is 0 Å². The summed E-state index contributed by atoms with van der Waals surface area (Å²) in [4.78, 5) is 24.5. The molecule has 0 aliphatic heterocycles. The third kappa shape index (κ3) is 59.4. The molecular formula is C67H129NO5. The fourth-order valence-electron chi connectivity index (χ4n) is 10.4. The van der Waals surface area contributed by atoms with E-state index in [0.29, 0.717) is 19.4 Å². The number of unbranched alkanes of at least 4 members (excludes halogenated alkanes) is 49. The average molecular weight is 1030 g/mol. The second-order valence-electron chi connectivity index (χ2n) is 22.8. The predicted octanol–water partition coefficient (Wildman–Crippen LogP) is 21.0. The van der Waals surface area contributed by atoms with Crippen LogP contribution < -0.4 is 5.32 Å². The van der Waals surface area contributed by atoms with Crippen LogP contribution in [-0.4, -0.2) is 47.4 Å². The van der Waals surface area contributed by atoms with Crippen molar-refractivity contribution < 1.29 is 24.5 Å². The summed E-state index contributed by atoms with van der Waals surface area (Å²) in [5, 5.41) is 23.1. The Labute approximate surface area is 456 Å². The molecule has 0 aromatic rings. The normalized spacial score (nSPS) is 12.7. The molecule has 0 aromatic heterocycles. The third-order valence-corrected chi connectivity index (χ3v) is 15.5. The van der Waals surface area contributed by atoms with Gasteiger partial charge in [0.15, 0.2) is 0 Å². The van der Waals surface area contributed by atoms with Crippen LogP contribution in [0.1, 0.15) is 367 Å². The number of esters is 1. The number of allylic oxidation sites excluding steroid dienone is 3. The van der Waals surface area contributed by atoms with E-state index in [2.05, 4.69) is 31.3 Å². The van der Waals surface area contributed by atoms with Crippen LogP contribution in [0.15, 0.2) is 24.3 Å². The van der Waals surface area contributed by atoms with E-state index < -0.39 is 12.1 Å². The van der Waals surface area contributed by atoms with E-state index in [9.17, 15) is 19.8 Å². The van der Waals surface area contributed by atoms with E-state index in [1.165, 1.54) is 295 Å². The summed E-state index contributed by atoms with van der Waals surface area (Å²) in [5.74, 6) is -0.0522. The lowest BCUT2D eigenvalue weighted by Gasteiger charge is -2.20. The molecule has 6 nitrogen and oxygen atoms in total. The van der Waals surface area contributed by atoms with Crippen molar-refractivity contribution in [3.63, 3.8) is 0 Å². The number of hydrogen-bond acceptors (Lipinski definition) is 5. The molecule has 2 unspecified atom stereocenters. The molecule has 3 N–H and O–H groups in total. The van der Waals surface area contributed by atoms with E-state index >= 15 is 0 Å². The van der Waals surface area contributed by atoms with Crippen molar-refractivity contribution in [1.82, 2.24) is 5.32 Å². The van der Waals surface area contributed by atoms with Crippen molar-refractivity contribution in [3.05, 3.63) is 24.3 Å². The highest BCUT2D eigenvalue weighted by molar-refractivity contribution is 5.76. The van der Waals surface area contributed by atoms with Crippen molar-refractivity contribution in [1.29, 1.82) is 0 Å². The molecule has 0 aliphatic carbocycles. The van der Waals surface area contributed by atoms with E-state index in [1.54, 1.807) is 6.08 Å². The lowest BCUT2D eigenvalue weighted by molar-refractivity contribution is -0.143. The van der Waals surface area contributed by atoms with Crippen molar-refractivity contribution in [2.75, 3.05) is 13.2 Å². The molecule has 1 amide bonds. The van der Waals surface area contributed by atoms with Crippen LogP contribution in [0.5, 0.6) is 0 Å². The van der Waals surface area contributed by atoms with Gasteiger partial charge in [0.1, 0.15) is 0 Å². The molecule has 0 saturated carbocycles. The van der Waals surface area contributed by atoms with Crippen LogP contribution in [-0.2, 0) is 14.3 Å². The maximum Gasteiger partial charge on any atom is 0.305 e. The molecule has 6 heteroatoms. The molecule has 0 bridgehead atoms. The van der Waals surface area contributed by atoms with E-state index in [1.807, 2.05) is 6.08 Å². The van der Waals surface area contributed by atoms with Gasteiger partial charge >= 0.3 is 5.97 Å². The zero-order valence-corrected chi connectivity index (χ0v) is 49.4. The van der Waals surface area contributed by atoms with Gasteiger partial charge in [0.2, 0.25) is 5.91 Å². The number of ether oxygens (including phenoxy) is 1. The Morgan fingerprint density at radius 1 is 0.370 bits per heavy atom. The van der Waals surface area contributed by atoms with Crippen LogP contribution in [0.25, 0.3) is 0 Å². The second kappa shape index (κ2) is 62.9. The Bertz CT molecular complexity index is 1140. The molecule has 73 heavy (non-hydrogen) atoms.